The van der Waals surface area contributed by atoms with Crippen molar-refractivity contribution in [3.05, 3.63) is 95.3 Å². The number of anilines is 2. The predicted molar refractivity (Wildman–Crippen MR) is 159 cm³/mol. The molecule has 2 aliphatic heterocycles. The molecule has 216 valence electrons. The second kappa shape index (κ2) is 12.2. The van der Waals surface area contributed by atoms with Crippen molar-refractivity contribution in [1.82, 2.24) is 9.78 Å². The number of benzene rings is 2. The van der Waals surface area contributed by atoms with Crippen molar-refractivity contribution in [3.8, 4) is 0 Å². The molecule has 0 saturated carbocycles. The van der Waals surface area contributed by atoms with Gasteiger partial charge in [-0.3, -0.25) is 9.59 Å². The first-order valence-electron chi connectivity index (χ1n) is 14.6. The minimum absolute atomic E-state index is 0.109. The van der Waals surface area contributed by atoms with E-state index in [2.05, 4.69) is 5.10 Å². The maximum atomic E-state index is 14.0. The van der Waals surface area contributed by atoms with Crippen molar-refractivity contribution in [1.29, 1.82) is 0 Å². The number of piperidine rings is 1. The molecule has 1 fully saturated rings. The van der Waals surface area contributed by atoms with Gasteiger partial charge in [0, 0.05) is 36.4 Å². The van der Waals surface area contributed by atoms with Crippen molar-refractivity contribution in [3.63, 3.8) is 0 Å². The van der Waals surface area contributed by atoms with Gasteiger partial charge in [-0.05, 0) is 68.5 Å². The van der Waals surface area contributed by atoms with Crippen molar-refractivity contribution >= 4 is 34.9 Å². The number of nitrogens with zero attached hydrogens (tertiary/aromatic N) is 4. The van der Waals surface area contributed by atoms with Crippen LogP contribution in [0.3, 0.4) is 0 Å². The van der Waals surface area contributed by atoms with Gasteiger partial charge in [0.1, 0.15) is 5.69 Å². The maximum absolute atomic E-state index is 14.0. The van der Waals surface area contributed by atoms with Gasteiger partial charge in [0.15, 0.2) is 5.69 Å². The summed E-state index contributed by atoms with van der Waals surface area (Å²) >= 11 is 0. The van der Waals surface area contributed by atoms with Crippen LogP contribution in [-0.2, 0) is 27.3 Å². The molecule has 3 aliphatic rings. The molecule has 3 heterocycles. The highest BCUT2D eigenvalue weighted by Gasteiger charge is 2.36. The molecule has 6 rings (SSSR count). The first kappa shape index (κ1) is 27.7. The molecule has 0 N–H and O–H groups in total. The molecule has 1 saturated heterocycles. The molecule has 42 heavy (non-hydrogen) atoms. The molecule has 0 radical (unpaired) electrons. The summed E-state index contributed by atoms with van der Waals surface area (Å²) in [6.07, 6.45) is 9.26. The average Bonchev–Trinajstić information content (AvgIpc) is 3.42. The molecule has 1 aliphatic carbocycles. The fraction of sp³-hybridized carbons (Fsp3) is 0.333. The number of fused-ring (bicyclic) bond motifs is 1. The Morgan fingerprint density at radius 3 is 2.40 bits per heavy atom. The van der Waals surface area contributed by atoms with E-state index in [1.807, 2.05) is 77.7 Å². The van der Waals surface area contributed by atoms with Gasteiger partial charge in [-0.2, -0.15) is 5.10 Å². The van der Waals surface area contributed by atoms with Crippen LogP contribution in [0.25, 0.3) is 5.70 Å². The summed E-state index contributed by atoms with van der Waals surface area (Å²) in [5.74, 6) is -0.642. The number of allylic oxidation sites excluding steroid dienone is 2. The zero-order valence-corrected chi connectivity index (χ0v) is 23.7. The molecule has 9 nitrogen and oxygen atoms in total. The zero-order chi connectivity index (χ0) is 29.1. The number of hydrogen-bond donors (Lipinski definition) is 0. The normalized spacial score (nSPS) is 18.6. The number of carbonyl (C=O) groups is 3. The molecule has 9 heteroatoms. The van der Waals surface area contributed by atoms with Crippen LogP contribution < -0.4 is 9.80 Å². The Bertz CT molecular complexity index is 1540. The number of carbonyl (C=O) groups excluding carboxylic acids is 3. The van der Waals surface area contributed by atoms with Gasteiger partial charge in [-0.25, -0.2) is 9.48 Å². The van der Waals surface area contributed by atoms with Crippen molar-refractivity contribution < 1.29 is 23.9 Å². The number of aromatic nitrogens is 2. The highest BCUT2D eigenvalue weighted by atomic mass is 16.5. The van der Waals surface area contributed by atoms with Crippen LogP contribution in [0, 0.1) is 0 Å². The smallest absolute Gasteiger partial charge is 0.359 e. The van der Waals surface area contributed by atoms with Crippen molar-refractivity contribution in [2.24, 2.45) is 0 Å². The Balaban J connectivity index is 1.25. The van der Waals surface area contributed by atoms with Crippen molar-refractivity contribution in [2.45, 2.75) is 51.7 Å². The van der Waals surface area contributed by atoms with Crippen molar-refractivity contribution in [2.75, 3.05) is 29.5 Å². The van der Waals surface area contributed by atoms with E-state index in [0.29, 0.717) is 55.9 Å². The van der Waals surface area contributed by atoms with Gasteiger partial charge in [0.25, 0.3) is 5.91 Å². The van der Waals surface area contributed by atoms with Crippen LogP contribution in [-0.4, -0.2) is 53.4 Å². The molecule has 1 atom stereocenters. The summed E-state index contributed by atoms with van der Waals surface area (Å²) in [5.41, 5.74) is 4.51. The van der Waals surface area contributed by atoms with E-state index in [1.165, 1.54) is 0 Å². The average molecular weight is 567 g/mol. The van der Waals surface area contributed by atoms with Crippen LogP contribution in [0.5, 0.6) is 0 Å². The SMILES string of the molecule is CCOC(=O)c1nn(C2=CCC(OCc3ccccc3)C=C2)c2c1CCN(c1ccc(N3CCCCC3=O)cc1)C2=O. The van der Waals surface area contributed by atoms with Gasteiger partial charge < -0.3 is 19.3 Å². The molecular formula is C33H34N4O5. The monoisotopic (exact) mass is 566 g/mol. The van der Waals surface area contributed by atoms with Gasteiger partial charge in [0.05, 0.1) is 25.0 Å². The minimum Gasteiger partial charge on any atom is -0.461 e. The molecule has 1 aromatic heterocycles. The van der Waals surface area contributed by atoms with Crippen LogP contribution in [0.15, 0.2) is 72.8 Å². The van der Waals surface area contributed by atoms with E-state index in [0.717, 1.165) is 29.8 Å². The molecular weight excluding hydrogens is 532 g/mol. The van der Waals surface area contributed by atoms with E-state index in [1.54, 1.807) is 16.5 Å². The highest BCUT2D eigenvalue weighted by Crippen LogP contribution is 2.32. The Hall–Kier alpha value is -4.50. The van der Waals surface area contributed by atoms with Gasteiger partial charge >= 0.3 is 5.97 Å². The number of ether oxygens (including phenoxy) is 2. The topological polar surface area (TPSA) is 94.0 Å². The quantitative estimate of drug-likeness (QED) is 0.350. The largest absolute Gasteiger partial charge is 0.461 e. The Labute approximate surface area is 245 Å². The summed E-state index contributed by atoms with van der Waals surface area (Å²) in [4.78, 5) is 42.7. The zero-order valence-electron chi connectivity index (χ0n) is 23.7. The standard InChI is InChI=1S/C33H34N4O5/c1-2-41-33(40)30-28-19-21-36(25-13-11-24(12-14-25)35-20-7-6-10-29(35)38)32(39)31(28)37(34-30)26-15-17-27(18-16-26)42-22-23-8-4-3-5-9-23/h3-5,8-9,11-17,27H,2,6-7,10,18-22H2,1H3. The lowest BCUT2D eigenvalue weighted by Gasteiger charge is -2.30. The lowest BCUT2D eigenvalue weighted by Crippen LogP contribution is -2.39. The van der Waals surface area contributed by atoms with E-state index in [-0.39, 0.29) is 30.2 Å². The van der Waals surface area contributed by atoms with Gasteiger partial charge in [-0.15, -0.1) is 0 Å². The van der Waals surface area contributed by atoms with E-state index >= 15 is 0 Å². The van der Waals surface area contributed by atoms with Crippen LogP contribution in [0.2, 0.25) is 0 Å². The maximum Gasteiger partial charge on any atom is 0.359 e. The van der Waals surface area contributed by atoms with Crippen LogP contribution in [0.1, 0.15) is 64.7 Å². The molecule has 2 aromatic carbocycles. The number of esters is 1. The molecule has 3 aromatic rings. The third kappa shape index (κ3) is 5.52. The first-order valence-corrected chi connectivity index (χ1v) is 14.6. The molecule has 0 spiro atoms. The first-order chi connectivity index (χ1) is 20.5. The summed E-state index contributed by atoms with van der Waals surface area (Å²) in [6.45, 7) is 3.57. The summed E-state index contributed by atoms with van der Waals surface area (Å²) in [7, 11) is 0. The Kier molecular flexibility index (Phi) is 8.01. The fourth-order valence-electron chi connectivity index (χ4n) is 5.70. The summed E-state index contributed by atoms with van der Waals surface area (Å²) < 4.78 is 12.9. The number of amides is 2. The number of hydrogen-bond acceptors (Lipinski definition) is 6. The molecule has 1 unspecified atom stereocenters. The summed E-state index contributed by atoms with van der Waals surface area (Å²) in [5, 5.41) is 4.60. The lowest BCUT2D eigenvalue weighted by atomic mass is 10.0. The van der Waals surface area contributed by atoms with E-state index in [9.17, 15) is 14.4 Å². The highest BCUT2D eigenvalue weighted by molar-refractivity contribution is 6.09. The second-order valence-electron chi connectivity index (χ2n) is 10.6. The molecule has 2 amide bonds. The minimum atomic E-state index is -0.534. The number of rotatable bonds is 8. The van der Waals surface area contributed by atoms with Gasteiger partial charge in [0.2, 0.25) is 5.91 Å². The second-order valence-corrected chi connectivity index (χ2v) is 10.6. The van der Waals surface area contributed by atoms with E-state index in [4.69, 9.17) is 9.47 Å². The molecule has 0 bridgehead atoms. The van der Waals surface area contributed by atoms with E-state index < -0.39 is 5.97 Å². The van der Waals surface area contributed by atoms with Crippen LogP contribution in [0.4, 0.5) is 11.4 Å². The third-order valence-corrected chi connectivity index (χ3v) is 7.87. The fourth-order valence-corrected chi connectivity index (χ4v) is 5.70. The third-order valence-electron chi connectivity index (χ3n) is 7.87. The predicted octanol–water partition coefficient (Wildman–Crippen LogP) is 5.17. The van der Waals surface area contributed by atoms with Crippen LogP contribution >= 0.6 is 0 Å². The lowest BCUT2D eigenvalue weighted by molar-refractivity contribution is -0.119. The Morgan fingerprint density at radius 1 is 0.952 bits per heavy atom. The van der Waals surface area contributed by atoms with Gasteiger partial charge in [-0.1, -0.05) is 42.5 Å². The summed E-state index contributed by atoms with van der Waals surface area (Å²) in [6, 6.07) is 17.5. The Morgan fingerprint density at radius 2 is 1.71 bits per heavy atom.